The number of piperidine rings is 1. The smallest absolute Gasteiger partial charge is 0.138 e. The van der Waals surface area contributed by atoms with Gasteiger partial charge in [0.2, 0.25) is 0 Å². The van der Waals surface area contributed by atoms with Crippen molar-refractivity contribution in [3.63, 3.8) is 0 Å². The van der Waals surface area contributed by atoms with Crippen molar-refractivity contribution >= 4 is 0 Å². The summed E-state index contributed by atoms with van der Waals surface area (Å²) < 4.78 is 5.80. The van der Waals surface area contributed by atoms with Gasteiger partial charge in [-0.2, -0.15) is 0 Å². The van der Waals surface area contributed by atoms with E-state index in [0.717, 1.165) is 13.0 Å². The molecule has 0 saturated carbocycles. The molecule has 2 fully saturated rings. The van der Waals surface area contributed by atoms with E-state index in [-0.39, 0.29) is 5.60 Å². The van der Waals surface area contributed by atoms with Gasteiger partial charge in [0, 0.05) is 0 Å². The van der Waals surface area contributed by atoms with Crippen LogP contribution in [0.1, 0.15) is 13.3 Å². The third-order valence-electron chi connectivity index (χ3n) is 3.22. The van der Waals surface area contributed by atoms with Gasteiger partial charge in [0.1, 0.15) is 5.60 Å². The van der Waals surface area contributed by atoms with Crippen molar-refractivity contribution in [1.29, 1.82) is 0 Å². The predicted octanol–water partition coefficient (Wildman–Crippen LogP) is 1.00. The maximum atomic E-state index is 5.80. The van der Waals surface area contributed by atoms with E-state index in [9.17, 15) is 0 Å². The molecule has 64 valence electrons. The summed E-state index contributed by atoms with van der Waals surface area (Å²) in [5.41, 5.74) is 1.43. The van der Waals surface area contributed by atoms with E-state index in [1.54, 1.807) is 0 Å². The van der Waals surface area contributed by atoms with E-state index in [4.69, 9.17) is 4.74 Å². The van der Waals surface area contributed by atoms with Gasteiger partial charge in [-0.15, -0.1) is 0 Å². The fraction of sp³-hybridized carbons (Fsp3) is 0.600. The molecule has 0 amide bonds. The minimum Gasteiger partial charge on any atom is -0.359 e. The first-order valence-corrected chi connectivity index (χ1v) is 4.64. The Bertz CT molecular complexity index is 282. The number of rotatable bonds is 0. The monoisotopic (exact) mass is 163 g/mol. The summed E-state index contributed by atoms with van der Waals surface area (Å²) >= 11 is 0. The van der Waals surface area contributed by atoms with E-state index >= 15 is 0 Å². The number of allylic oxidation sites excluding steroid dienone is 1. The van der Waals surface area contributed by atoms with Crippen LogP contribution < -0.4 is 5.32 Å². The van der Waals surface area contributed by atoms with E-state index in [0.29, 0.717) is 12.1 Å². The Morgan fingerprint density at radius 1 is 1.75 bits per heavy atom. The van der Waals surface area contributed by atoms with Gasteiger partial charge in [0.15, 0.2) is 0 Å². The average Bonchev–Trinajstić information content (AvgIpc) is 2.72. The summed E-state index contributed by atoms with van der Waals surface area (Å²) in [5.74, 6) is 0. The van der Waals surface area contributed by atoms with Crippen LogP contribution in [0.2, 0.25) is 0 Å². The summed E-state index contributed by atoms with van der Waals surface area (Å²) in [4.78, 5) is 0. The molecule has 0 aromatic carbocycles. The van der Waals surface area contributed by atoms with Crippen molar-refractivity contribution in [2.75, 3.05) is 6.54 Å². The normalized spacial score (nSPS) is 52.2. The molecule has 12 heavy (non-hydrogen) atoms. The van der Waals surface area contributed by atoms with Gasteiger partial charge in [0.05, 0.1) is 12.1 Å². The van der Waals surface area contributed by atoms with Gasteiger partial charge in [-0.05, 0) is 25.5 Å². The van der Waals surface area contributed by atoms with Crippen LogP contribution in [0, 0.1) is 0 Å². The van der Waals surface area contributed by atoms with Gasteiger partial charge < -0.3 is 10.1 Å². The molecule has 2 unspecified atom stereocenters. The zero-order chi connectivity index (χ0) is 8.18. The number of hydrogen-bond acceptors (Lipinski definition) is 2. The maximum Gasteiger partial charge on any atom is 0.138 e. The SMILES string of the molecule is C/C=C1\C=CC2NCCC3O[C@@]123. The Morgan fingerprint density at radius 3 is 3.50 bits per heavy atom. The van der Waals surface area contributed by atoms with Crippen LogP contribution in [0.25, 0.3) is 0 Å². The lowest BCUT2D eigenvalue weighted by Gasteiger charge is -2.22. The molecule has 1 spiro atoms. The lowest BCUT2D eigenvalue weighted by Crippen LogP contribution is -2.45. The maximum absolute atomic E-state index is 5.80. The van der Waals surface area contributed by atoms with Crippen molar-refractivity contribution < 1.29 is 4.74 Å². The van der Waals surface area contributed by atoms with Crippen LogP contribution in [0.3, 0.4) is 0 Å². The molecule has 1 aliphatic carbocycles. The van der Waals surface area contributed by atoms with Gasteiger partial charge in [-0.25, -0.2) is 0 Å². The van der Waals surface area contributed by atoms with Crippen molar-refractivity contribution in [1.82, 2.24) is 5.32 Å². The molecular formula is C10H13NO. The van der Waals surface area contributed by atoms with Gasteiger partial charge in [0.25, 0.3) is 0 Å². The molecule has 2 nitrogen and oxygen atoms in total. The second-order valence-corrected chi connectivity index (χ2v) is 3.72. The fourth-order valence-electron chi connectivity index (χ4n) is 2.57. The lowest BCUT2D eigenvalue weighted by atomic mass is 9.89. The Morgan fingerprint density at radius 2 is 2.67 bits per heavy atom. The molecule has 2 aliphatic heterocycles. The molecule has 2 heterocycles. The molecule has 3 atom stereocenters. The Labute approximate surface area is 72.3 Å². The molecule has 2 heteroatoms. The van der Waals surface area contributed by atoms with Crippen LogP contribution in [-0.2, 0) is 4.74 Å². The first-order valence-electron chi connectivity index (χ1n) is 4.64. The van der Waals surface area contributed by atoms with E-state index in [1.807, 2.05) is 0 Å². The quantitative estimate of drug-likeness (QED) is 0.539. The molecular weight excluding hydrogens is 150 g/mol. The van der Waals surface area contributed by atoms with Crippen LogP contribution in [0.15, 0.2) is 23.8 Å². The zero-order valence-electron chi connectivity index (χ0n) is 7.21. The summed E-state index contributed by atoms with van der Waals surface area (Å²) in [6.45, 7) is 3.18. The van der Waals surface area contributed by atoms with Crippen molar-refractivity contribution in [3.05, 3.63) is 23.8 Å². The van der Waals surface area contributed by atoms with Crippen LogP contribution >= 0.6 is 0 Å². The summed E-state index contributed by atoms with van der Waals surface area (Å²) in [5, 5.41) is 3.47. The zero-order valence-corrected chi connectivity index (χ0v) is 7.21. The molecule has 1 N–H and O–H groups in total. The topological polar surface area (TPSA) is 24.6 Å². The summed E-state index contributed by atoms with van der Waals surface area (Å²) in [6, 6.07) is 0.447. The number of epoxide rings is 1. The van der Waals surface area contributed by atoms with E-state index in [2.05, 4.69) is 30.5 Å². The highest BCUT2D eigenvalue weighted by Gasteiger charge is 2.65. The summed E-state index contributed by atoms with van der Waals surface area (Å²) in [7, 11) is 0. The molecule has 0 aromatic heterocycles. The van der Waals surface area contributed by atoms with Gasteiger partial charge in [-0.1, -0.05) is 18.2 Å². The number of nitrogens with one attached hydrogen (secondary N) is 1. The standard InChI is InChI=1S/C10H13NO/c1-2-7-3-4-8-10(7)9(12-10)5-6-11-8/h2-4,8-9,11H,5-6H2,1H3/b7-2+/t8?,9?,10-/m0/s1. The molecule has 0 bridgehead atoms. The number of ether oxygens (including phenoxy) is 1. The van der Waals surface area contributed by atoms with Crippen LogP contribution in [0.4, 0.5) is 0 Å². The lowest BCUT2D eigenvalue weighted by molar-refractivity contribution is 0.312. The minimum absolute atomic E-state index is 0.0625. The Kier molecular flexibility index (Phi) is 1.15. The first kappa shape index (κ1) is 6.87. The van der Waals surface area contributed by atoms with E-state index < -0.39 is 0 Å². The van der Waals surface area contributed by atoms with Crippen molar-refractivity contribution in [3.8, 4) is 0 Å². The predicted molar refractivity (Wildman–Crippen MR) is 46.9 cm³/mol. The molecule has 3 rings (SSSR count). The van der Waals surface area contributed by atoms with Crippen molar-refractivity contribution in [2.24, 2.45) is 0 Å². The van der Waals surface area contributed by atoms with Gasteiger partial charge >= 0.3 is 0 Å². The van der Waals surface area contributed by atoms with Gasteiger partial charge in [-0.3, -0.25) is 0 Å². The fourth-order valence-corrected chi connectivity index (χ4v) is 2.57. The largest absolute Gasteiger partial charge is 0.359 e. The van der Waals surface area contributed by atoms with Crippen LogP contribution in [0.5, 0.6) is 0 Å². The first-order chi connectivity index (χ1) is 5.88. The molecule has 0 radical (unpaired) electrons. The highest BCUT2D eigenvalue weighted by Crippen LogP contribution is 2.53. The third kappa shape index (κ3) is 0.595. The van der Waals surface area contributed by atoms with Crippen LogP contribution in [-0.4, -0.2) is 24.3 Å². The molecule has 2 saturated heterocycles. The number of hydrogen-bond donors (Lipinski definition) is 1. The van der Waals surface area contributed by atoms with E-state index in [1.165, 1.54) is 5.57 Å². The molecule has 3 aliphatic rings. The third-order valence-corrected chi connectivity index (χ3v) is 3.22. The highest BCUT2D eigenvalue weighted by atomic mass is 16.6. The Balaban J connectivity index is 2.02. The summed E-state index contributed by atoms with van der Waals surface area (Å²) in [6.07, 6.45) is 8.25. The highest BCUT2D eigenvalue weighted by molar-refractivity contribution is 5.48. The Hall–Kier alpha value is -0.600. The molecule has 0 aromatic rings. The minimum atomic E-state index is 0.0625. The second kappa shape index (κ2) is 2.01. The second-order valence-electron chi connectivity index (χ2n) is 3.72. The average molecular weight is 163 g/mol. The van der Waals surface area contributed by atoms with Crippen molar-refractivity contribution in [2.45, 2.75) is 31.1 Å².